The van der Waals surface area contributed by atoms with Gasteiger partial charge < -0.3 is 0 Å². The minimum absolute atomic E-state index is 0.106. The summed E-state index contributed by atoms with van der Waals surface area (Å²) in [6.07, 6.45) is 0. The lowest BCUT2D eigenvalue weighted by Gasteiger charge is -2.22. The van der Waals surface area contributed by atoms with Gasteiger partial charge in [0.15, 0.2) is 5.82 Å². The van der Waals surface area contributed by atoms with E-state index in [0.29, 0.717) is 5.82 Å². The van der Waals surface area contributed by atoms with Crippen LogP contribution in [0, 0.1) is 0 Å². The smallest absolute Gasteiger partial charge is 0.160 e. The highest BCUT2D eigenvalue weighted by Gasteiger charge is 2.36. The Kier molecular flexibility index (Phi) is 7.19. The zero-order valence-corrected chi connectivity index (χ0v) is 29.7. The second kappa shape index (κ2) is 12.3. The Morgan fingerprint density at radius 2 is 0.906 bits per heavy atom. The highest BCUT2D eigenvalue weighted by atomic mass is 14.9. The molecule has 1 aliphatic carbocycles. The molecule has 0 saturated carbocycles. The van der Waals surface area contributed by atoms with Gasteiger partial charge in [-0.25, -0.2) is 9.97 Å². The molecule has 0 amide bonds. The van der Waals surface area contributed by atoms with Crippen LogP contribution in [-0.4, -0.2) is 9.97 Å². The summed E-state index contributed by atoms with van der Waals surface area (Å²) in [6, 6.07) is 65.3. The maximum Gasteiger partial charge on any atom is 0.160 e. The Hall–Kier alpha value is -6.64. The minimum atomic E-state index is -0.106. The molecule has 53 heavy (non-hydrogen) atoms. The van der Waals surface area contributed by atoms with Gasteiger partial charge in [0.25, 0.3) is 0 Å². The summed E-state index contributed by atoms with van der Waals surface area (Å²) < 4.78 is 0. The Morgan fingerprint density at radius 1 is 0.358 bits per heavy atom. The summed E-state index contributed by atoms with van der Waals surface area (Å²) in [5, 5.41) is 4.98. The molecule has 9 aromatic rings. The van der Waals surface area contributed by atoms with Crippen LogP contribution in [0.15, 0.2) is 182 Å². The number of nitrogens with zero attached hydrogens (tertiary/aromatic N) is 2. The molecule has 0 N–H and O–H groups in total. The average molecular weight is 677 g/mol. The van der Waals surface area contributed by atoms with E-state index >= 15 is 0 Å². The Bertz CT molecular complexity index is 2830. The van der Waals surface area contributed by atoms with E-state index in [2.05, 4.69) is 178 Å². The van der Waals surface area contributed by atoms with Gasteiger partial charge in [-0.15, -0.1) is 0 Å². The largest absolute Gasteiger partial charge is 0.228 e. The lowest BCUT2D eigenvalue weighted by atomic mass is 9.81. The summed E-state index contributed by atoms with van der Waals surface area (Å²) in [5.74, 6) is 0.714. The molecular formula is C51H36N2. The van der Waals surface area contributed by atoms with E-state index in [1.54, 1.807) is 0 Å². The maximum atomic E-state index is 5.22. The first-order valence-electron chi connectivity index (χ1n) is 18.3. The molecule has 0 spiro atoms. The van der Waals surface area contributed by atoms with Crippen molar-refractivity contribution in [2.75, 3.05) is 0 Å². The molecule has 1 heterocycles. The fourth-order valence-corrected chi connectivity index (χ4v) is 8.36. The predicted molar refractivity (Wildman–Crippen MR) is 222 cm³/mol. The molecule has 0 atom stereocenters. The minimum Gasteiger partial charge on any atom is -0.228 e. The second-order valence-electron chi connectivity index (χ2n) is 14.6. The first-order chi connectivity index (χ1) is 26.0. The van der Waals surface area contributed by atoms with Crippen molar-refractivity contribution in [2.45, 2.75) is 19.3 Å². The van der Waals surface area contributed by atoms with Crippen LogP contribution >= 0.6 is 0 Å². The quantitative estimate of drug-likeness (QED) is 0.181. The summed E-state index contributed by atoms with van der Waals surface area (Å²) in [6.45, 7) is 4.73. The molecule has 2 nitrogen and oxygen atoms in total. The van der Waals surface area contributed by atoms with Crippen molar-refractivity contribution in [3.05, 3.63) is 193 Å². The molecule has 0 fully saturated rings. The molecule has 8 aromatic carbocycles. The molecule has 2 heteroatoms. The lowest BCUT2D eigenvalue weighted by Crippen LogP contribution is -2.15. The highest BCUT2D eigenvalue weighted by molar-refractivity contribution is 6.06. The van der Waals surface area contributed by atoms with Crippen molar-refractivity contribution >= 4 is 21.5 Å². The number of hydrogen-bond donors (Lipinski definition) is 0. The normalized spacial score (nSPS) is 12.9. The van der Waals surface area contributed by atoms with Gasteiger partial charge in [-0.05, 0) is 78.2 Å². The van der Waals surface area contributed by atoms with Gasteiger partial charge in [0.2, 0.25) is 0 Å². The van der Waals surface area contributed by atoms with Crippen LogP contribution in [0.2, 0.25) is 0 Å². The zero-order valence-electron chi connectivity index (χ0n) is 29.7. The second-order valence-corrected chi connectivity index (χ2v) is 14.6. The van der Waals surface area contributed by atoms with E-state index < -0.39 is 0 Å². The monoisotopic (exact) mass is 676 g/mol. The maximum absolute atomic E-state index is 5.22. The van der Waals surface area contributed by atoms with E-state index in [9.17, 15) is 0 Å². The van der Waals surface area contributed by atoms with E-state index in [4.69, 9.17) is 9.97 Å². The number of hydrogen-bond acceptors (Lipinski definition) is 2. The fourth-order valence-electron chi connectivity index (χ4n) is 8.36. The fraction of sp³-hybridized carbons (Fsp3) is 0.0588. The molecule has 0 unspecified atom stereocenters. The van der Waals surface area contributed by atoms with Crippen LogP contribution in [0.3, 0.4) is 0 Å². The molecule has 1 aromatic heterocycles. The summed E-state index contributed by atoms with van der Waals surface area (Å²) in [5.41, 5.74) is 15.1. The summed E-state index contributed by atoms with van der Waals surface area (Å²) >= 11 is 0. The Balaban J connectivity index is 1.10. The molecule has 0 saturated heterocycles. The zero-order chi connectivity index (χ0) is 35.5. The van der Waals surface area contributed by atoms with E-state index in [1.807, 2.05) is 18.2 Å². The van der Waals surface area contributed by atoms with Gasteiger partial charge in [-0.1, -0.05) is 184 Å². The third-order valence-electron chi connectivity index (χ3n) is 11.1. The van der Waals surface area contributed by atoms with Crippen molar-refractivity contribution in [1.29, 1.82) is 0 Å². The average Bonchev–Trinajstić information content (AvgIpc) is 3.46. The number of benzene rings is 8. The Morgan fingerprint density at radius 3 is 1.66 bits per heavy atom. The SMILES string of the molecule is CC1(C)c2cc(-c3ccc(-c4cc(-c5ccc(-c6ccccc6)cc5)nc(-c5ccccc5)n4)c4ccccc34)ccc2-c2c1ccc1ccccc21. The van der Waals surface area contributed by atoms with Gasteiger partial charge in [0.05, 0.1) is 11.4 Å². The first kappa shape index (κ1) is 31.1. The van der Waals surface area contributed by atoms with Crippen molar-refractivity contribution in [2.24, 2.45) is 0 Å². The molecule has 250 valence electrons. The van der Waals surface area contributed by atoms with Gasteiger partial charge in [0, 0.05) is 22.1 Å². The third kappa shape index (κ3) is 5.18. The van der Waals surface area contributed by atoms with Crippen molar-refractivity contribution in [3.8, 4) is 67.3 Å². The van der Waals surface area contributed by atoms with E-state index in [0.717, 1.165) is 28.1 Å². The van der Waals surface area contributed by atoms with Crippen LogP contribution < -0.4 is 0 Å². The molecule has 10 rings (SSSR count). The number of rotatable bonds is 5. The van der Waals surface area contributed by atoms with Gasteiger partial charge in [-0.2, -0.15) is 0 Å². The van der Waals surface area contributed by atoms with Crippen molar-refractivity contribution in [1.82, 2.24) is 9.97 Å². The van der Waals surface area contributed by atoms with Crippen molar-refractivity contribution in [3.63, 3.8) is 0 Å². The van der Waals surface area contributed by atoms with E-state index in [-0.39, 0.29) is 5.41 Å². The molecule has 0 aliphatic heterocycles. The first-order valence-corrected chi connectivity index (χ1v) is 18.3. The molecular weight excluding hydrogens is 641 g/mol. The predicted octanol–water partition coefficient (Wildman–Crippen LogP) is 13.4. The Labute approximate surface area is 310 Å². The van der Waals surface area contributed by atoms with Gasteiger partial charge in [-0.3, -0.25) is 0 Å². The van der Waals surface area contributed by atoms with Crippen LogP contribution in [0.4, 0.5) is 0 Å². The van der Waals surface area contributed by atoms with Gasteiger partial charge in [0.1, 0.15) is 0 Å². The van der Waals surface area contributed by atoms with Crippen LogP contribution in [-0.2, 0) is 5.41 Å². The number of fused-ring (bicyclic) bond motifs is 6. The third-order valence-corrected chi connectivity index (χ3v) is 11.1. The van der Waals surface area contributed by atoms with E-state index in [1.165, 1.54) is 66.1 Å². The topological polar surface area (TPSA) is 25.8 Å². The van der Waals surface area contributed by atoms with Gasteiger partial charge >= 0.3 is 0 Å². The number of aromatic nitrogens is 2. The van der Waals surface area contributed by atoms with Crippen LogP contribution in [0.25, 0.3) is 88.8 Å². The van der Waals surface area contributed by atoms with Crippen LogP contribution in [0.1, 0.15) is 25.0 Å². The summed E-state index contributed by atoms with van der Waals surface area (Å²) in [4.78, 5) is 10.3. The van der Waals surface area contributed by atoms with Crippen molar-refractivity contribution < 1.29 is 0 Å². The molecule has 0 radical (unpaired) electrons. The standard InChI is InChI=1S/C51H36N2/c1-51(2)45-30-26-35-15-9-10-18-40(35)49(45)44-27-25-38(31-46(44)51)39-28-29-43(42-20-12-11-19-41(39)42)48-32-47(52-50(53-48)37-16-7-4-8-17-37)36-23-21-34(22-24-36)33-13-5-3-6-14-33/h3-32H,1-2H3. The summed E-state index contributed by atoms with van der Waals surface area (Å²) in [7, 11) is 0. The lowest BCUT2D eigenvalue weighted by molar-refractivity contribution is 0.661. The highest BCUT2D eigenvalue weighted by Crippen LogP contribution is 2.52. The van der Waals surface area contributed by atoms with Crippen LogP contribution in [0.5, 0.6) is 0 Å². The molecule has 1 aliphatic rings. The molecule has 0 bridgehead atoms.